The van der Waals surface area contributed by atoms with E-state index in [1.54, 1.807) is 25.3 Å². The number of anilines is 1. The first-order chi connectivity index (χ1) is 10.1. The van der Waals surface area contributed by atoms with E-state index in [1.165, 1.54) is 0 Å². The predicted octanol–water partition coefficient (Wildman–Crippen LogP) is 3.35. The number of nitrogens with one attached hydrogen (secondary N) is 2. The van der Waals surface area contributed by atoms with E-state index < -0.39 is 13.0 Å². The summed E-state index contributed by atoms with van der Waals surface area (Å²) in [6.45, 7) is 4.25. The summed E-state index contributed by atoms with van der Waals surface area (Å²) in [5.41, 5.74) is 0.674. The van der Waals surface area contributed by atoms with E-state index in [1.807, 2.05) is 13.8 Å². The molecule has 22 heavy (non-hydrogen) atoms. The lowest BCUT2D eigenvalue weighted by molar-refractivity contribution is 0.158. The molecule has 0 saturated carbocycles. The van der Waals surface area contributed by atoms with Crippen molar-refractivity contribution in [1.29, 1.82) is 0 Å². The van der Waals surface area contributed by atoms with Crippen molar-refractivity contribution >= 4 is 35.6 Å². The number of aliphatic imine (C=N–C) groups is 1. The zero-order chi connectivity index (χ0) is 15.7. The van der Waals surface area contributed by atoms with Gasteiger partial charge in [-0.05, 0) is 26.0 Å². The summed E-state index contributed by atoms with van der Waals surface area (Å²) in [7, 11) is 1.55. The van der Waals surface area contributed by atoms with E-state index in [0.717, 1.165) is 0 Å². The highest BCUT2D eigenvalue weighted by molar-refractivity contribution is 14.0. The number of ether oxygens (including phenoxy) is 2. The molecule has 0 heterocycles. The van der Waals surface area contributed by atoms with Gasteiger partial charge in [0.25, 0.3) is 6.43 Å². The van der Waals surface area contributed by atoms with E-state index in [-0.39, 0.29) is 24.0 Å². The fourth-order valence-electron chi connectivity index (χ4n) is 1.63. The average molecular weight is 429 g/mol. The third kappa shape index (κ3) is 7.10. The second kappa shape index (κ2) is 11.3. The fraction of sp³-hybridized carbons (Fsp3) is 0.500. The Labute approximate surface area is 146 Å². The Morgan fingerprint density at radius 1 is 1.27 bits per heavy atom. The summed E-state index contributed by atoms with van der Waals surface area (Å²) < 4.78 is 35.1. The first kappa shape index (κ1) is 20.7. The van der Waals surface area contributed by atoms with Crippen LogP contribution in [0.2, 0.25) is 0 Å². The highest BCUT2D eigenvalue weighted by atomic mass is 127. The maximum absolute atomic E-state index is 12.2. The van der Waals surface area contributed by atoms with Crippen molar-refractivity contribution in [1.82, 2.24) is 5.32 Å². The number of rotatable bonds is 7. The molecule has 0 radical (unpaired) electrons. The standard InChI is InChI=1S/C14H21F2N3O2.HI/c1-4-17-14(18-9-13(15)16)19-10-6-7-11(20-3)12(8-10)21-5-2;/h6-8,13H,4-5,9H2,1-3H3,(H2,17,18,19);1H. The van der Waals surface area contributed by atoms with E-state index >= 15 is 0 Å². The summed E-state index contributed by atoms with van der Waals surface area (Å²) in [5, 5.41) is 5.86. The van der Waals surface area contributed by atoms with Crippen molar-refractivity contribution in [2.24, 2.45) is 4.99 Å². The molecular weight excluding hydrogens is 407 g/mol. The molecule has 0 aliphatic rings. The lowest BCUT2D eigenvalue weighted by atomic mass is 10.2. The summed E-state index contributed by atoms with van der Waals surface area (Å²) in [5.74, 6) is 1.48. The smallest absolute Gasteiger partial charge is 0.257 e. The second-order valence-corrected chi connectivity index (χ2v) is 4.03. The molecule has 0 fully saturated rings. The van der Waals surface area contributed by atoms with Gasteiger partial charge in [-0.1, -0.05) is 0 Å². The molecule has 8 heteroatoms. The zero-order valence-electron chi connectivity index (χ0n) is 12.9. The third-order valence-corrected chi connectivity index (χ3v) is 2.46. The van der Waals surface area contributed by atoms with Crippen LogP contribution >= 0.6 is 24.0 Å². The van der Waals surface area contributed by atoms with Gasteiger partial charge in [0.2, 0.25) is 0 Å². The van der Waals surface area contributed by atoms with Crippen LogP contribution in [-0.4, -0.2) is 39.2 Å². The van der Waals surface area contributed by atoms with Gasteiger partial charge in [-0.2, -0.15) is 0 Å². The van der Waals surface area contributed by atoms with Crippen LogP contribution in [0.25, 0.3) is 0 Å². The van der Waals surface area contributed by atoms with E-state index in [9.17, 15) is 8.78 Å². The monoisotopic (exact) mass is 429 g/mol. The van der Waals surface area contributed by atoms with E-state index in [0.29, 0.717) is 36.3 Å². The molecular formula is C14H22F2IN3O2. The van der Waals surface area contributed by atoms with Crippen LogP contribution in [0.1, 0.15) is 13.8 Å². The first-order valence-corrected chi connectivity index (χ1v) is 6.75. The van der Waals surface area contributed by atoms with Crippen molar-refractivity contribution in [2.45, 2.75) is 20.3 Å². The largest absolute Gasteiger partial charge is 0.493 e. The summed E-state index contributed by atoms with van der Waals surface area (Å²) in [4.78, 5) is 3.80. The van der Waals surface area contributed by atoms with Crippen molar-refractivity contribution in [3.05, 3.63) is 18.2 Å². The van der Waals surface area contributed by atoms with Gasteiger partial charge in [-0.15, -0.1) is 24.0 Å². The van der Waals surface area contributed by atoms with E-state index in [4.69, 9.17) is 9.47 Å². The summed E-state index contributed by atoms with van der Waals surface area (Å²) >= 11 is 0. The minimum atomic E-state index is -2.48. The molecule has 126 valence electrons. The lowest BCUT2D eigenvalue weighted by Gasteiger charge is -2.14. The maximum Gasteiger partial charge on any atom is 0.257 e. The topological polar surface area (TPSA) is 54.9 Å². The van der Waals surface area contributed by atoms with Crippen molar-refractivity contribution in [3.8, 4) is 11.5 Å². The van der Waals surface area contributed by atoms with Crippen LogP contribution in [0.4, 0.5) is 14.5 Å². The van der Waals surface area contributed by atoms with E-state index in [2.05, 4.69) is 15.6 Å². The molecule has 0 aromatic heterocycles. The number of benzene rings is 1. The quantitative estimate of drug-likeness (QED) is 0.397. The van der Waals surface area contributed by atoms with Crippen LogP contribution in [0.5, 0.6) is 11.5 Å². The Bertz CT molecular complexity index is 473. The van der Waals surface area contributed by atoms with Crippen LogP contribution in [-0.2, 0) is 0 Å². The normalized spacial score (nSPS) is 10.9. The van der Waals surface area contributed by atoms with Gasteiger partial charge < -0.3 is 20.1 Å². The van der Waals surface area contributed by atoms with Gasteiger partial charge in [0.05, 0.1) is 13.7 Å². The predicted molar refractivity (Wildman–Crippen MR) is 95.2 cm³/mol. The Morgan fingerprint density at radius 3 is 2.55 bits per heavy atom. The van der Waals surface area contributed by atoms with Gasteiger partial charge in [0, 0.05) is 18.3 Å². The third-order valence-electron chi connectivity index (χ3n) is 2.46. The molecule has 0 saturated heterocycles. The Balaban J connectivity index is 0.00000441. The number of guanidine groups is 1. The van der Waals surface area contributed by atoms with Crippen LogP contribution in [0.3, 0.4) is 0 Å². The van der Waals surface area contributed by atoms with Gasteiger partial charge in [-0.3, -0.25) is 0 Å². The van der Waals surface area contributed by atoms with Crippen molar-refractivity contribution in [3.63, 3.8) is 0 Å². The molecule has 0 bridgehead atoms. The Kier molecular flexibility index (Phi) is 10.6. The molecule has 5 nitrogen and oxygen atoms in total. The SMILES string of the molecule is CCNC(=NCC(F)F)Nc1ccc(OC)c(OCC)c1.I. The molecule has 1 aromatic carbocycles. The minimum absolute atomic E-state index is 0. The highest BCUT2D eigenvalue weighted by Gasteiger charge is 2.08. The molecule has 0 aliphatic heterocycles. The molecule has 0 unspecified atom stereocenters. The number of methoxy groups -OCH3 is 1. The average Bonchev–Trinajstić information content (AvgIpc) is 2.45. The van der Waals surface area contributed by atoms with Crippen molar-refractivity contribution in [2.75, 3.05) is 32.1 Å². The second-order valence-electron chi connectivity index (χ2n) is 4.03. The van der Waals surface area contributed by atoms with Gasteiger partial charge >= 0.3 is 0 Å². The first-order valence-electron chi connectivity index (χ1n) is 6.75. The Morgan fingerprint density at radius 2 is 2.00 bits per heavy atom. The fourth-order valence-corrected chi connectivity index (χ4v) is 1.63. The Hall–Kier alpha value is -1.32. The summed E-state index contributed by atoms with van der Waals surface area (Å²) in [6.07, 6.45) is -2.48. The molecule has 0 spiro atoms. The number of nitrogens with zero attached hydrogens (tertiary/aromatic N) is 1. The molecule has 1 rings (SSSR count). The minimum Gasteiger partial charge on any atom is -0.493 e. The molecule has 0 aliphatic carbocycles. The maximum atomic E-state index is 12.2. The van der Waals surface area contributed by atoms with Gasteiger partial charge in [0.15, 0.2) is 17.5 Å². The number of alkyl halides is 2. The zero-order valence-corrected chi connectivity index (χ0v) is 15.2. The van der Waals surface area contributed by atoms with Crippen LogP contribution < -0.4 is 20.1 Å². The molecule has 0 atom stereocenters. The van der Waals surface area contributed by atoms with Crippen molar-refractivity contribution < 1.29 is 18.3 Å². The lowest BCUT2D eigenvalue weighted by Crippen LogP contribution is -2.31. The van der Waals surface area contributed by atoms with Gasteiger partial charge in [-0.25, -0.2) is 13.8 Å². The van der Waals surface area contributed by atoms with Crippen LogP contribution in [0, 0.1) is 0 Å². The molecule has 2 N–H and O–H groups in total. The number of hydrogen-bond acceptors (Lipinski definition) is 3. The highest BCUT2D eigenvalue weighted by Crippen LogP contribution is 2.30. The number of hydrogen-bond donors (Lipinski definition) is 2. The van der Waals surface area contributed by atoms with Gasteiger partial charge in [0.1, 0.15) is 6.54 Å². The summed E-state index contributed by atoms with van der Waals surface area (Å²) in [6, 6.07) is 5.23. The molecule has 1 aromatic rings. The molecule has 0 amide bonds. The van der Waals surface area contributed by atoms with Crippen LogP contribution in [0.15, 0.2) is 23.2 Å². The number of halogens is 3.